The molecule has 2 aromatic rings. The third-order valence-corrected chi connectivity index (χ3v) is 3.07. The van der Waals surface area contributed by atoms with E-state index in [1.54, 1.807) is 19.1 Å². The molecule has 1 N–H and O–H groups in total. The lowest BCUT2D eigenvalue weighted by Gasteiger charge is -2.11. The lowest BCUT2D eigenvalue weighted by Crippen LogP contribution is -2.07. The Balaban J connectivity index is 1.86. The monoisotopic (exact) mass is 285 g/mol. The summed E-state index contributed by atoms with van der Waals surface area (Å²) in [7, 11) is 0. The summed E-state index contributed by atoms with van der Waals surface area (Å²) in [6, 6.07) is 12.8. The van der Waals surface area contributed by atoms with E-state index in [2.05, 4.69) is 5.32 Å². The van der Waals surface area contributed by atoms with Crippen LogP contribution in [0.3, 0.4) is 0 Å². The van der Waals surface area contributed by atoms with E-state index in [0.717, 1.165) is 11.4 Å². The van der Waals surface area contributed by atoms with Crippen LogP contribution in [-0.2, 0) is 4.74 Å². The normalized spacial score (nSPS) is 12.0. The fourth-order valence-corrected chi connectivity index (χ4v) is 2.11. The van der Waals surface area contributed by atoms with E-state index < -0.39 is 0 Å². The van der Waals surface area contributed by atoms with Crippen LogP contribution in [0.2, 0.25) is 0 Å². The first-order valence-electron chi connectivity index (χ1n) is 6.71. The maximum Gasteiger partial charge on any atom is 0.340 e. The molecule has 0 saturated heterocycles. The van der Waals surface area contributed by atoms with Crippen molar-refractivity contribution in [2.24, 2.45) is 0 Å². The maximum absolute atomic E-state index is 11.9. The van der Waals surface area contributed by atoms with Gasteiger partial charge in [-0.1, -0.05) is 12.1 Å². The van der Waals surface area contributed by atoms with Crippen LogP contribution in [0, 0.1) is 0 Å². The Morgan fingerprint density at radius 2 is 2.00 bits per heavy atom. The molecule has 1 aliphatic rings. The predicted molar refractivity (Wildman–Crippen MR) is 78.2 cm³/mol. The molecule has 0 radical (unpaired) electrons. The van der Waals surface area contributed by atoms with Gasteiger partial charge >= 0.3 is 5.97 Å². The fourth-order valence-electron chi connectivity index (χ4n) is 2.11. The number of anilines is 2. The predicted octanol–water partition coefficient (Wildman–Crippen LogP) is 3.34. The Morgan fingerprint density at radius 3 is 2.86 bits per heavy atom. The highest BCUT2D eigenvalue weighted by molar-refractivity contribution is 5.96. The molecule has 0 unspecified atom stereocenters. The van der Waals surface area contributed by atoms with Crippen LogP contribution >= 0.6 is 0 Å². The third kappa shape index (κ3) is 2.76. The summed E-state index contributed by atoms with van der Waals surface area (Å²) in [6.07, 6.45) is 0. The average molecular weight is 285 g/mol. The van der Waals surface area contributed by atoms with Gasteiger partial charge in [0.1, 0.15) is 0 Å². The van der Waals surface area contributed by atoms with Gasteiger partial charge in [0.15, 0.2) is 11.5 Å². The van der Waals surface area contributed by atoms with E-state index >= 15 is 0 Å². The Morgan fingerprint density at radius 1 is 1.19 bits per heavy atom. The van der Waals surface area contributed by atoms with Gasteiger partial charge in [0.05, 0.1) is 17.9 Å². The van der Waals surface area contributed by atoms with Gasteiger partial charge in [0.25, 0.3) is 0 Å². The summed E-state index contributed by atoms with van der Waals surface area (Å²) in [5, 5.41) is 3.21. The number of benzene rings is 2. The Kier molecular flexibility index (Phi) is 3.64. The van der Waals surface area contributed by atoms with E-state index in [-0.39, 0.29) is 12.8 Å². The molecule has 0 spiro atoms. The number of rotatable bonds is 4. The Hall–Kier alpha value is -2.69. The Labute approximate surface area is 122 Å². The second kappa shape index (κ2) is 5.75. The van der Waals surface area contributed by atoms with Gasteiger partial charge in [0, 0.05) is 11.8 Å². The minimum Gasteiger partial charge on any atom is -0.462 e. The zero-order chi connectivity index (χ0) is 14.7. The summed E-state index contributed by atoms with van der Waals surface area (Å²) >= 11 is 0. The third-order valence-electron chi connectivity index (χ3n) is 3.07. The second-order valence-corrected chi connectivity index (χ2v) is 4.46. The number of carbonyl (C=O) groups excluding carboxylic acids is 1. The van der Waals surface area contributed by atoms with Crippen LogP contribution in [0.4, 0.5) is 11.4 Å². The molecule has 1 heterocycles. The van der Waals surface area contributed by atoms with E-state index in [0.29, 0.717) is 23.6 Å². The van der Waals surface area contributed by atoms with E-state index in [1.807, 2.05) is 30.3 Å². The van der Waals surface area contributed by atoms with Crippen molar-refractivity contribution in [3.63, 3.8) is 0 Å². The van der Waals surface area contributed by atoms with E-state index in [9.17, 15) is 4.79 Å². The number of esters is 1. The first kappa shape index (κ1) is 13.3. The van der Waals surface area contributed by atoms with Crippen LogP contribution in [0.1, 0.15) is 17.3 Å². The van der Waals surface area contributed by atoms with Gasteiger partial charge in [-0.2, -0.15) is 0 Å². The molecule has 0 bridgehead atoms. The number of carbonyl (C=O) groups is 1. The summed E-state index contributed by atoms with van der Waals surface area (Å²) in [6.45, 7) is 2.36. The molecule has 108 valence electrons. The molecule has 0 amide bonds. The van der Waals surface area contributed by atoms with Gasteiger partial charge in [-0.15, -0.1) is 0 Å². The van der Waals surface area contributed by atoms with Crippen molar-refractivity contribution in [3.05, 3.63) is 48.0 Å². The molecule has 0 saturated carbocycles. The summed E-state index contributed by atoms with van der Waals surface area (Å²) in [4.78, 5) is 11.9. The van der Waals surface area contributed by atoms with Crippen LogP contribution < -0.4 is 14.8 Å². The zero-order valence-electron chi connectivity index (χ0n) is 11.6. The summed E-state index contributed by atoms with van der Waals surface area (Å²) in [5.41, 5.74) is 2.00. The van der Waals surface area contributed by atoms with Crippen LogP contribution in [0.15, 0.2) is 42.5 Å². The van der Waals surface area contributed by atoms with Crippen molar-refractivity contribution in [1.29, 1.82) is 0 Å². The van der Waals surface area contributed by atoms with Gasteiger partial charge in [0.2, 0.25) is 6.79 Å². The largest absolute Gasteiger partial charge is 0.462 e. The molecular weight excluding hydrogens is 270 g/mol. The number of nitrogens with one attached hydrogen (secondary N) is 1. The number of hydrogen-bond acceptors (Lipinski definition) is 5. The lowest BCUT2D eigenvalue weighted by atomic mass is 10.1. The molecule has 0 atom stereocenters. The first-order valence-corrected chi connectivity index (χ1v) is 6.71. The number of para-hydroxylation sites is 1. The minimum absolute atomic E-state index is 0.234. The molecule has 5 nitrogen and oxygen atoms in total. The highest BCUT2D eigenvalue weighted by Gasteiger charge is 2.15. The molecule has 3 rings (SSSR count). The quantitative estimate of drug-likeness (QED) is 0.873. The number of hydrogen-bond donors (Lipinski definition) is 1. The number of fused-ring (bicyclic) bond motifs is 1. The summed E-state index contributed by atoms with van der Waals surface area (Å²) in [5.74, 6) is 1.06. The molecule has 0 fully saturated rings. The van der Waals surface area contributed by atoms with Gasteiger partial charge in [-0.05, 0) is 31.2 Å². The second-order valence-electron chi connectivity index (χ2n) is 4.46. The van der Waals surface area contributed by atoms with Crippen molar-refractivity contribution in [2.45, 2.75) is 6.92 Å². The van der Waals surface area contributed by atoms with Crippen molar-refractivity contribution in [2.75, 3.05) is 18.7 Å². The highest BCUT2D eigenvalue weighted by atomic mass is 16.7. The van der Waals surface area contributed by atoms with Crippen molar-refractivity contribution >= 4 is 17.3 Å². The van der Waals surface area contributed by atoms with Gasteiger partial charge < -0.3 is 19.5 Å². The SMILES string of the molecule is CCOC(=O)c1ccccc1Nc1ccc2c(c1)OCO2. The molecule has 1 aliphatic heterocycles. The molecule has 5 heteroatoms. The molecule has 0 aliphatic carbocycles. The minimum atomic E-state index is -0.346. The van der Waals surface area contributed by atoms with Crippen molar-refractivity contribution in [1.82, 2.24) is 0 Å². The topological polar surface area (TPSA) is 56.8 Å². The van der Waals surface area contributed by atoms with Crippen LogP contribution in [0.5, 0.6) is 11.5 Å². The van der Waals surface area contributed by atoms with Crippen molar-refractivity contribution < 1.29 is 19.0 Å². The van der Waals surface area contributed by atoms with E-state index in [4.69, 9.17) is 14.2 Å². The zero-order valence-corrected chi connectivity index (χ0v) is 11.6. The molecule has 0 aromatic heterocycles. The molecular formula is C16H15NO4. The standard InChI is InChI=1S/C16H15NO4/c1-2-19-16(18)12-5-3-4-6-13(12)17-11-7-8-14-15(9-11)21-10-20-14/h3-9,17H,2,10H2,1H3. The first-order chi connectivity index (χ1) is 10.3. The smallest absolute Gasteiger partial charge is 0.340 e. The average Bonchev–Trinajstić information content (AvgIpc) is 2.95. The van der Waals surface area contributed by atoms with Crippen LogP contribution in [-0.4, -0.2) is 19.4 Å². The van der Waals surface area contributed by atoms with Crippen molar-refractivity contribution in [3.8, 4) is 11.5 Å². The molecule has 21 heavy (non-hydrogen) atoms. The van der Waals surface area contributed by atoms with Gasteiger partial charge in [-0.3, -0.25) is 0 Å². The highest BCUT2D eigenvalue weighted by Crippen LogP contribution is 2.35. The summed E-state index contributed by atoms with van der Waals surface area (Å²) < 4.78 is 15.7. The Bertz CT molecular complexity index is 669. The maximum atomic E-state index is 11.9. The van der Waals surface area contributed by atoms with Crippen LogP contribution in [0.25, 0.3) is 0 Å². The van der Waals surface area contributed by atoms with Gasteiger partial charge in [-0.25, -0.2) is 4.79 Å². The lowest BCUT2D eigenvalue weighted by molar-refractivity contribution is 0.0527. The molecule has 2 aromatic carbocycles. The van der Waals surface area contributed by atoms with E-state index in [1.165, 1.54) is 0 Å². The number of ether oxygens (including phenoxy) is 3. The fraction of sp³-hybridized carbons (Fsp3) is 0.188.